The summed E-state index contributed by atoms with van der Waals surface area (Å²) in [5, 5.41) is 17.4. The number of amides is 1. The van der Waals surface area contributed by atoms with Crippen LogP contribution in [0.3, 0.4) is 0 Å². The van der Waals surface area contributed by atoms with Gasteiger partial charge in [0.05, 0.1) is 18.3 Å². The number of benzene rings is 1. The van der Waals surface area contributed by atoms with Crippen LogP contribution in [0, 0.1) is 0 Å². The van der Waals surface area contributed by atoms with Crippen LogP contribution in [-0.4, -0.2) is 57.2 Å². The molecule has 2 aromatic rings. The van der Waals surface area contributed by atoms with Crippen LogP contribution in [0.15, 0.2) is 24.4 Å². The Labute approximate surface area is 138 Å². The van der Waals surface area contributed by atoms with Crippen LogP contribution < -0.4 is 9.47 Å². The largest absolute Gasteiger partial charge is 0.486 e. The number of carbonyl (C=O) groups is 1. The molecule has 1 amide bonds. The minimum atomic E-state index is -0.644. The van der Waals surface area contributed by atoms with Gasteiger partial charge in [-0.05, 0) is 25.1 Å². The fourth-order valence-electron chi connectivity index (χ4n) is 2.81. The van der Waals surface area contributed by atoms with Crippen molar-refractivity contribution in [3.8, 4) is 11.5 Å². The predicted molar refractivity (Wildman–Crippen MR) is 83.0 cm³/mol. The standard InChI is InChI=1S/C16H18N4O4/c1-10(21)13-9-20(18-17-13)12-7-19(8-12)16(22)11-2-3-14-15(6-11)24-5-4-23-14/h2-3,6,9-10,12,21H,4-5,7-8H2,1H3. The van der Waals surface area contributed by atoms with E-state index in [9.17, 15) is 9.90 Å². The summed E-state index contributed by atoms with van der Waals surface area (Å²) in [4.78, 5) is 14.3. The van der Waals surface area contributed by atoms with E-state index in [-0.39, 0.29) is 11.9 Å². The Morgan fingerprint density at radius 1 is 1.29 bits per heavy atom. The number of likely N-dealkylation sites (tertiary alicyclic amines) is 1. The Balaban J connectivity index is 1.42. The molecule has 0 bridgehead atoms. The van der Waals surface area contributed by atoms with Gasteiger partial charge in [0, 0.05) is 18.7 Å². The summed E-state index contributed by atoms with van der Waals surface area (Å²) in [7, 11) is 0. The number of aromatic nitrogens is 3. The van der Waals surface area contributed by atoms with E-state index >= 15 is 0 Å². The zero-order valence-corrected chi connectivity index (χ0v) is 13.3. The lowest BCUT2D eigenvalue weighted by atomic mass is 10.1. The third-order valence-electron chi connectivity index (χ3n) is 4.27. The minimum Gasteiger partial charge on any atom is -0.486 e. The Hall–Kier alpha value is -2.61. The Morgan fingerprint density at radius 3 is 2.75 bits per heavy atom. The third kappa shape index (κ3) is 2.58. The number of aliphatic hydroxyl groups excluding tert-OH is 1. The molecule has 2 aliphatic heterocycles. The fourth-order valence-corrected chi connectivity index (χ4v) is 2.81. The Morgan fingerprint density at radius 2 is 2.04 bits per heavy atom. The molecule has 0 aliphatic carbocycles. The van der Waals surface area contributed by atoms with Gasteiger partial charge in [0.25, 0.3) is 5.91 Å². The summed E-state index contributed by atoms with van der Waals surface area (Å²) in [6.07, 6.45) is 1.08. The first-order chi connectivity index (χ1) is 11.6. The van der Waals surface area contributed by atoms with E-state index in [2.05, 4.69) is 10.3 Å². The summed E-state index contributed by atoms with van der Waals surface area (Å²) in [6.45, 7) is 3.80. The molecule has 3 heterocycles. The van der Waals surface area contributed by atoms with Gasteiger partial charge in [0.2, 0.25) is 0 Å². The van der Waals surface area contributed by atoms with E-state index < -0.39 is 6.10 Å². The zero-order chi connectivity index (χ0) is 16.7. The Kier molecular flexibility index (Phi) is 3.61. The van der Waals surface area contributed by atoms with Crippen molar-refractivity contribution in [3.05, 3.63) is 35.7 Å². The van der Waals surface area contributed by atoms with Crippen LogP contribution in [0.2, 0.25) is 0 Å². The highest BCUT2D eigenvalue weighted by Crippen LogP contribution is 2.32. The zero-order valence-electron chi connectivity index (χ0n) is 13.3. The van der Waals surface area contributed by atoms with Crippen LogP contribution in [0.5, 0.6) is 11.5 Å². The van der Waals surface area contributed by atoms with E-state index in [1.54, 1.807) is 40.9 Å². The van der Waals surface area contributed by atoms with Crippen molar-refractivity contribution in [2.75, 3.05) is 26.3 Å². The molecular weight excluding hydrogens is 312 g/mol. The van der Waals surface area contributed by atoms with Crippen molar-refractivity contribution in [3.63, 3.8) is 0 Å². The maximum absolute atomic E-state index is 12.5. The van der Waals surface area contributed by atoms with Crippen molar-refractivity contribution >= 4 is 5.91 Å². The van der Waals surface area contributed by atoms with Crippen molar-refractivity contribution in [1.82, 2.24) is 19.9 Å². The van der Waals surface area contributed by atoms with Gasteiger partial charge in [0.15, 0.2) is 11.5 Å². The minimum absolute atomic E-state index is 0.0425. The van der Waals surface area contributed by atoms with Crippen LogP contribution in [0.1, 0.15) is 35.1 Å². The number of aliphatic hydroxyl groups is 1. The van der Waals surface area contributed by atoms with Crippen LogP contribution in [0.25, 0.3) is 0 Å². The SMILES string of the molecule is CC(O)c1cn(C2CN(C(=O)c3ccc4c(c3)OCCO4)C2)nn1. The molecule has 0 spiro atoms. The second-order valence-electron chi connectivity index (χ2n) is 6.02. The molecule has 8 nitrogen and oxygen atoms in total. The smallest absolute Gasteiger partial charge is 0.254 e. The summed E-state index contributed by atoms with van der Waals surface area (Å²) in [5.74, 6) is 1.24. The number of hydrogen-bond acceptors (Lipinski definition) is 6. The molecule has 1 N–H and O–H groups in total. The van der Waals surface area contributed by atoms with E-state index in [4.69, 9.17) is 9.47 Å². The molecule has 0 radical (unpaired) electrons. The molecule has 1 aromatic heterocycles. The average Bonchev–Trinajstić information content (AvgIpc) is 3.03. The molecule has 0 saturated carbocycles. The molecule has 1 unspecified atom stereocenters. The van der Waals surface area contributed by atoms with Gasteiger partial charge < -0.3 is 19.5 Å². The van der Waals surface area contributed by atoms with E-state index in [0.29, 0.717) is 49.1 Å². The average molecular weight is 330 g/mol. The molecule has 1 aromatic carbocycles. The van der Waals surface area contributed by atoms with E-state index in [1.165, 1.54) is 0 Å². The van der Waals surface area contributed by atoms with Crippen LogP contribution in [-0.2, 0) is 0 Å². The summed E-state index contributed by atoms with van der Waals surface area (Å²) in [6, 6.07) is 5.34. The van der Waals surface area contributed by atoms with Crippen molar-refractivity contribution in [1.29, 1.82) is 0 Å². The molecule has 4 rings (SSSR count). The molecule has 126 valence electrons. The first kappa shape index (κ1) is 14.9. The molecule has 1 atom stereocenters. The number of nitrogens with zero attached hydrogens (tertiary/aromatic N) is 4. The number of ether oxygens (including phenoxy) is 2. The molecule has 2 aliphatic rings. The van der Waals surface area contributed by atoms with Gasteiger partial charge in [-0.3, -0.25) is 4.79 Å². The number of hydrogen-bond donors (Lipinski definition) is 1. The molecular formula is C16H18N4O4. The van der Waals surface area contributed by atoms with Crippen LogP contribution >= 0.6 is 0 Å². The van der Waals surface area contributed by atoms with Crippen molar-refractivity contribution in [2.45, 2.75) is 19.1 Å². The molecule has 1 saturated heterocycles. The topological polar surface area (TPSA) is 89.7 Å². The summed E-state index contributed by atoms with van der Waals surface area (Å²) < 4.78 is 12.7. The highest BCUT2D eigenvalue weighted by atomic mass is 16.6. The lowest BCUT2D eigenvalue weighted by molar-refractivity contribution is 0.0497. The second-order valence-corrected chi connectivity index (χ2v) is 6.02. The van der Waals surface area contributed by atoms with E-state index in [1.807, 2.05) is 0 Å². The van der Waals surface area contributed by atoms with Gasteiger partial charge in [-0.1, -0.05) is 5.21 Å². The predicted octanol–water partition coefficient (Wildman–Crippen LogP) is 0.800. The second kappa shape index (κ2) is 5.79. The van der Waals surface area contributed by atoms with Gasteiger partial charge in [0.1, 0.15) is 18.9 Å². The lowest BCUT2D eigenvalue weighted by Crippen LogP contribution is -2.50. The molecule has 24 heavy (non-hydrogen) atoms. The van der Waals surface area contributed by atoms with Gasteiger partial charge >= 0.3 is 0 Å². The number of carbonyl (C=O) groups excluding carboxylic acids is 1. The van der Waals surface area contributed by atoms with Gasteiger partial charge in [-0.25, -0.2) is 4.68 Å². The lowest BCUT2D eigenvalue weighted by Gasteiger charge is -2.39. The third-order valence-corrected chi connectivity index (χ3v) is 4.27. The van der Waals surface area contributed by atoms with Crippen LogP contribution in [0.4, 0.5) is 0 Å². The highest BCUT2D eigenvalue weighted by molar-refractivity contribution is 5.95. The quantitative estimate of drug-likeness (QED) is 0.895. The summed E-state index contributed by atoms with van der Waals surface area (Å²) >= 11 is 0. The monoisotopic (exact) mass is 330 g/mol. The van der Waals surface area contributed by atoms with E-state index in [0.717, 1.165) is 0 Å². The van der Waals surface area contributed by atoms with Crippen molar-refractivity contribution in [2.24, 2.45) is 0 Å². The summed E-state index contributed by atoms with van der Waals surface area (Å²) in [5.41, 5.74) is 1.12. The first-order valence-electron chi connectivity index (χ1n) is 7.90. The highest BCUT2D eigenvalue weighted by Gasteiger charge is 2.34. The fraction of sp³-hybridized carbons (Fsp3) is 0.438. The molecule has 1 fully saturated rings. The number of fused-ring (bicyclic) bond motifs is 1. The normalized spacial score (nSPS) is 18.2. The maximum atomic E-state index is 12.5. The van der Waals surface area contributed by atoms with Gasteiger partial charge in [-0.2, -0.15) is 0 Å². The maximum Gasteiger partial charge on any atom is 0.254 e. The number of rotatable bonds is 3. The Bertz CT molecular complexity index is 767. The molecule has 8 heteroatoms. The van der Waals surface area contributed by atoms with Gasteiger partial charge in [-0.15, -0.1) is 5.10 Å². The first-order valence-corrected chi connectivity index (χ1v) is 7.90. The van der Waals surface area contributed by atoms with Crippen molar-refractivity contribution < 1.29 is 19.4 Å².